The van der Waals surface area contributed by atoms with Crippen LogP contribution in [0.2, 0.25) is 0 Å². The second-order valence-electron chi connectivity index (χ2n) is 4.20. The summed E-state index contributed by atoms with van der Waals surface area (Å²) in [6, 6.07) is 0. The van der Waals surface area contributed by atoms with E-state index in [9.17, 15) is 18.0 Å². The van der Waals surface area contributed by atoms with E-state index in [0.717, 1.165) is 24.6 Å². The van der Waals surface area contributed by atoms with Crippen molar-refractivity contribution in [3.05, 3.63) is 0 Å². The first-order valence-corrected chi connectivity index (χ1v) is 6.44. The second kappa shape index (κ2) is 5.89. The van der Waals surface area contributed by atoms with E-state index in [2.05, 4.69) is 21.2 Å². The van der Waals surface area contributed by atoms with E-state index in [1.165, 1.54) is 0 Å². The number of carbonyl (C=O) groups excluding carboxylic acids is 1. The number of rotatable bonds is 4. The lowest BCUT2D eigenvalue weighted by Crippen LogP contribution is -2.33. The first-order chi connectivity index (χ1) is 7.42. The molecule has 0 heterocycles. The van der Waals surface area contributed by atoms with Crippen LogP contribution in [0.4, 0.5) is 13.2 Å². The third-order valence-electron chi connectivity index (χ3n) is 2.94. The minimum absolute atomic E-state index is 0.316. The molecule has 2 unspecified atom stereocenters. The first-order valence-electron chi connectivity index (χ1n) is 5.32. The van der Waals surface area contributed by atoms with Crippen LogP contribution >= 0.6 is 15.9 Å². The molecule has 2 atom stereocenters. The molecule has 94 valence electrons. The van der Waals surface area contributed by atoms with Crippen LogP contribution in [0.25, 0.3) is 0 Å². The van der Waals surface area contributed by atoms with Crippen LogP contribution in [0.5, 0.6) is 0 Å². The smallest absolute Gasteiger partial charge is 0.356 e. The fourth-order valence-electron chi connectivity index (χ4n) is 2.07. The van der Waals surface area contributed by atoms with Crippen molar-refractivity contribution in [2.75, 3.05) is 11.9 Å². The fourth-order valence-corrected chi connectivity index (χ4v) is 2.93. The van der Waals surface area contributed by atoms with Crippen molar-refractivity contribution in [1.29, 1.82) is 0 Å². The van der Waals surface area contributed by atoms with Crippen molar-refractivity contribution in [1.82, 2.24) is 5.32 Å². The summed E-state index contributed by atoms with van der Waals surface area (Å²) in [6.45, 7) is 0.366. The Bertz CT molecular complexity index is 245. The van der Waals surface area contributed by atoms with Gasteiger partial charge in [0, 0.05) is 11.9 Å². The number of alkyl halides is 4. The summed E-state index contributed by atoms with van der Waals surface area (Å²) in [7, 11) is 0. The molecule has 0 aromatic carbocycles. The molecular formula is C10H15BrF3NO. The Morgan fingerprint density at radius 3 is 2.50 bits per heavy atom. The highest BCUT2D eigenvalue weighted by Gasteiger charge is 2.32. The molecule has 1 fully saturated rings. The van der Waals surface area contributed by atoms with Crippen LogP contribution in [-0.2, 0) is 4.79 Å². The average Bonchev–Trinajstić information content (AvgIpc) is 2.59. The number of hydrogen-bond donors (Lipinski definition) is 1. The van der Waals surface area contributed by atoms with Crippen molar-refractivity contribution in [3.63, 3.8) is 0 Å². The lowest BCUT2D eigenvalue weighted by Gasteiger charge is -2.18. The van der Waals surface area contributed by atoms with Gasteiger partial charge in [0.05, 0.1) is 0 Å². The van der Waals surface area contributed by atoms with Gasteiger partial charge in [-0.2, -0.15) is 13.2 Å². The van der Waals surface area contributed by atoms with Crippen molar-refractivity contribution >= 4 is 21.8 Å². The number of halogens is 4. The number of hydrogen-bond acceptors (Lipinski definition) is 1. The number of carbonyl (C=O) groups is 1. The van der Waals surface area contributed by atoms with Gasteiger partial charge in [-0.15, -0.1) is 0 Å². The minimum atomic E-state index is -4.41. The maximum Gasteiger partial charge on any atom is 0.397 e. The number of nitrogens with one attached hydrogen (secondary N) is 1. The molecule has 1 N–H and O–H groups in total. The lowest BCUT2D eigenvalue weighted by atomic mass is 9.98. The summed E-state index contributed by atoms with van der Waals surface area (Å²) in [4.78, 5) is 11.0. The van der Waals surface area contributed by atoms with Gasteiger partial charge in [0.2, 0.25) is 5.91 Å². The van der Waals surface area contributed by atoms with Gasteiger partial charge in [-0.1, -0.05) is 22.4 Å². The summed E-state index contributed by atoms with van der Waals surface area (Å²) < 4.78 is 35.6. The highest BCUT2D eigenvalue weighted by atomic mass is 79.9. The van der Waals surface area contributed by atoms with Gasteiger partial charge in [-0.05, 0) is 24.7 Å². The van der Waals surface area contributed by atoms with E-state index < -0.39 is 18.5 Å². The molecule has 0 spiro atoms. The molecule has 0 saturated heterocycles. The van der Waals surface area contributed by atoms with E-state index in [-0.39, 0.29) is 0 Å². The standard InChI is InChI=1S/C10H15BrF3NO/c11-5-7-2-1-3-8(7)6-15-9(16)4-10(12,13)14/h7-8H,1-6H2,(H,15,16). The molecule has 2 nitrogen and oxygen atoms in total. The molecule has 0 bridgehead atoms. The molecule has 1 saturated carbocycles. The second-order valence-corrected chi connectivity index (χ2v) is 4.85. The monoisotopic (exact) mass is 301 g/mol. The summed E-state index contributed by atoms with van der Waals surface area (Å²) in [5.74, 6) is -0.129. The Morgan fingerprint density at radius 1 is 1.31 bits per heavy atom. The van der Waals surface area contributed by atoms with Gasteiger partial charge in [0.15, 0.2) is 0 Å². The lowest BCUT2D eigenvalue weighted by molar-refractivity contribution is -0.153. The third kappa shape index (κ3) is 4.72. The fraction of sp³-hybridized carbons (Fsp3) is 0.900. The van der Waals surface area contributed by atoms with Crippen LogP contribution < -0.4 is 5.32 Å². The highest BCUT2D eigenvalue weighted by Crippen LogP contribution is 2.32. The first kappa shape index (κ1) is 13.8. The largest absolute Gasteiger partial charge is 0.397 e. The zero-order valence-corrected chi connectivity index (χ0v) is 10.4. The van der Waals surface area contributed by atoms with Crippen molar-refractivity contribution in [3.8, 4) is 0 Å². The average molecular weight is 302 g/mol. The van der Waals surface area contributed by atoms with Crippen LogP contribution in [-0.4, -0.2) is 24.0 Å². The highest BCUT2D eigenvalue weighted by molar-refractivity contribution is 9.09. The van der Waals surface area contributed by atoms with Gasteiger partial charge in [0.1, 0.15) is 6.42 Å². The molecule has 0 aromatic rings. The van der Waals surface area contributed by atoms with Gasteiger partial charge in [0.25, 0.3) is 0 Å². The van der Waals surface area contributed by atoms with E-state index in [1.54, 1.807) is 0 Å². The Morgan fingerprint density at radius 2 is 1.94 bits per heavy atom. The van der Waals surface area contributed by atoms with Crippen LogP contribution in [0.15, 0.2) is 0 Å². The van der Waals surface area contributed by atoms with E-state index in [1.807, 2.05) is 0 Å². The van der Waals surface area contributed by atoms with E-state index in [4.69, 9.17) is 0 Å². The van der Waals surface area contributed by atoms with Crippen LogP contribution in [0, 0.1) is 11.8 Å². The molecule has 0 radical (unpaired) electrons. The molecule has 1 rings (SSSR count). The summed E-state index contributed by atoms with van der Waals surface area (Å²) in [5, 5.41) is 3.22. The van der Waals surface area contributed by atoms with Crippen LogP contribution in [0.3, 0.4) is 0 Å². The minimum Gasteiger partial charge on any atom is -0.356 e. The topological polar surface area (TPSA) is 29.1 Å². The normalized spacial score (nSPS) is 25.8. The molecule has 0 aromatic heterocycles. The van der Waals surface area contributed by atoms with Gasteiger partial charge in [-0.25, -0.2) is 0 Å². The third-order valence-corrected chi connectivity index (χ3v) is 3.77. The zero-order chi connectivity index (χ0) is 12.2. The zero-order valence-electron chi connectivity index (χ0n) is 8.82. The van der Waals surface area contributed by atoms with E-state index >= 15 is 0 Å². The van der Waals surface area contributed by atoms with E-state index in [0.29, 0.717) is 18.4 Å². The maximum atomic E-state index is 11.9. The predicted molar refractivity (Wildman–Crippen MR) is 58.3 cm³/mol. The molecule has 1 amide bonds. The van der Waals surface area contributed by atoms with Gasteiger partial charge < -0.3 is 5.32 Å². The Balaban J connectivity index is 2.26. The Labute approximate surface area is 101 Å². The molecular weight excluding hydrogens is 287 g/mol. The number of amides is 1. The molecule has 1 aliphatic carbocycles. The van der Waals surface area contributed by atoms with Crippen molar-refractivity contribution in [2.24, 2.45) is 11.8 Å². The maximum absolute atomic E-state index is 11.9. The van der Waals surface area contributed by atoms with Crippen molar-refractivity contribution in [2.45, 2.75) is 31.9 Å². The molecule has 16 heavy (non-hydrogen) atoms. The van der Waals surface area contributed by atoms with Gasteiger partial charge >= 0.3 is 6.18 Å². The summed E-state index contributed by atoms with van der Waals surface area (Å²) >= 11 is 3.38. The molecule has 0 aliphatic heterocycles. The Hall–Kier alpha value is -0.260. The summed E-state index contributed by atoms with van der Waals surface area (Å²) in [6.07, 6.45) is -2.61. The Kier molecular flexibility index (Phi) is 5.08. The van der Waals surface area contributed by atoms with Gasteiger partial charge in [-0.3, -0.25) is 4.79 Å². The quantitative estimate of drug-likeness (QED) is 0.795. The predicted octanol–water partition coefficient (Wildman–Crippen LogP) is 2.87. The molecule has 6 heteroatoms. The SMILES string of the molecule is O=C(CC(F)(F)F)NCC1CCCC1CBr. The molecule has 1 aliphatic rings. The van der Waals surface area contributed by atoms with Crippen molar-refractivity contribution < 1.29 is 18.0 Å². The van der Waals surface area contributed by atoms with Crippen LogP contribution in [0.1, 0.15) is 25.7 Å². The summed E-state index contributed by atoms with van der Waals surface area (Å²) in [5.41, 5.74) is 0.